The molecule has 0 aliphatic carbocycles. The average Bonchev–Trinajstić information content (AvgIpc) is 2.89. The van der Waals surface area contributed by atoms with Gasteiger partial charge in [-0.15, -0.1) is 23.1 Å². The molecule has 0 spiro atoms. The van der Waals surface area contributed by atoms with E-state index in [4.69, 9.17) is 0 Å². The van der Waals surface area contributed by atoms with Crippen LogP contribution >= 0.6 is 23.1 Å². The van der Waals surface area contributed by atoms with Crippen molar-refractivity contribution < 1.29 is 0 Å². The normalized spacial score (nSPS) is 12.6. The minimum atomic E-state index is 0.537. The van der Waals surface area contributed by atoms with Crippen LogP contribution in [0.15, 0.2) is 46.7 Å². The number of hydrogen-bond acceptors (Lipinski definition) is 3. The molecule has 1 unspecified atom stereocenters. The van der Waals surface area contributed by atoms with E-state index in [1.165, 1.54) is 15.3 Å². The average molecular weight is 277 g/mol. The van der Waals surface area contributed by atoms with Crippen molar-refractivity contribution in [3.05, 3.63) is 52.2 Å². The summed E-state index contributed by atoms with van der Waals surface area (Å²) in [6.07, 6.45) is 1.12. The van der Waals surface area contributed by atoms with Gasteiger partial charge >= 0.3 is 0 Å². The summed E-state index contributed by atoms with van der Waals surface area (Å²) < 4.78 is 0. The first-order valence-corrected chi connectivity index (χ1v) is 8.03. The molecular weight excluding hydrogens is 258 g/mol. The first-order chi connectivity index (χ1) is 8.78. The number of rotatable bonds is 6. The van der Waals surface area contributed by atoms with E-state index in [9.17, 15) is 0 Å². The highest BCUT2D eigenvalue weighted by atomic mass is 32.2. The number of aryl methyl sites for hydroxylation is 1. The maximum atomic E-state index is 3.41. The van der Waals surface area contributed by atoms with Crippen LogP contribution in [0.25, 0.3) is 0 Å². The molecule has 18 heavy (non-hydrogen) atoms. The van der Waals surface area contributed by atoms with E-state index < -0.39 is 0 Å². The summed E-state index contributed by atoms with van der Waals surface area (Å²) in [5, 5.41) is 5.56. The molecule has 1 aromatic carbocycles. The summed E-state index contributed by atoms with van der Waals surface area (Å²) in [4.78, 5) is 2.81. The summed E-state index contributed by atoms with van der Waals surface area (Å²) >= 11 is 3.77. The van der Waals surface area contributed by atoms with Gasteiger partial charge in [0.1, 0.15) is 0 Å². The van der Waals surface area contributed by atoms with Gasteiger partial charge in [0.15, 0.2) is 0 Å². The molecule has 0 saturated heterocycles. The van der Waals surface area contributed by atoms with Crippen molar-refractivity contribution in [3.8, 4) is 0 Å². The highest BCUT2D eigenvalue weighted by molar-refractivity contribution is 7.99. The Bertz CT molecular complexity index is 448. The Balaban J connectivity index is 1.85. The number of nitrogens with one attached hydrogen (secondary N) is 1. The molecule has 1 aromatic heterocycles. The van der Waals surface area contributed by atoms with Gasteiger partial charge in [0, 0.05) is 21.6 Å². The molecule has 0 fully saturated rings. The highest BCUT2D eigenvalue weighted by Crippen LogP contribution is 2.21. The minimum Gasteiger partial charge on any atom is -0.316 e. The van der Waals surface area contributed by atoms with Gasteiger partial charge in [-0.25, -0.2) is 0 Å². The lowest BCUT2D eigenvalue weighted by Gasteiger charge is -2.14. The summed E-state index contributed by atoms with van der Waals surface area (Å²) in [6, 6.07) is 13.6. The minimum absolute atomic E-state index is 0.537. The van der Waals surface area contributed by atoms with E-state index in [1.807, 2.05) is 30.1 Å². The molecule has 1 atom stereocenters. The molecule has 1 heterocycles. The van der Waals surface area contributed by atoms with Gasteiger partial charge < -0.3 is 5.32 Å². The first-order valence-electron chi connectivity index (χ1n) is 6.17. The largest absolute Gasteiger partial charge is 0.316 e. The van der Waals surface area contributed by atoms with Gasteiger partial charge in [-0.2, -0.15) is 0 Å². The molecule has 1 N–H and O–H groups in total. The zero-order valence-corrected chi connectivity index (χ0v) is 12.5. The zero-order chi connectivity index (χ0) is 12.8. The fourth-order valence-corrected chi connectivity index (χ4v) is 3.54. The standard InChI is InChI=1S/C15H19NS2/c1-12-5-7-14(8-6-12)18-11-13(16-2)10-15-4-3-9-17-15/h3-9,13,16H,10-11H2,1-2H3. The topological polar surface area (TPSA) is 12.0 Å². The van der Waals surface area contributed by atoms with Gasteiger partial charge in [0.2, 0.25) is 0 Å². The van der Waals surface area contributed by atoms with Crippen LogP contribution in [0.1, 0.15) is 10.4 Å². The fraction of sp³-hybridized carbons (Fsp3) is 0.333. The lowest BCUT2D eigenvalue weighted by atomic mass is 10.2. The number of thioether (sulfide) groups is 1. The summed E-state index contributed by atoms with van der Waals surface area (Å²) in [7, 11) is 2.05. The van der Waals surface area contributed by atoms with E-state index in [-0.39, 0.29) is 0 Å². The molecule has 1 nitrogen and oxygen atoms in total. The monoisotopic (exact) mass is 277 g/mol. The lowest BCUT2D eigenvalue weighted by molar-refractivity contribution is 0.622. The Morgan fingerprint density at radius 2 is 2.00 bits per heavy atom. The van der Waals surface area contributed by atoms with Crippen LogP contribution < -0.4 is 5.32 Å². The van der Waals surface area contributed by atoms with Crippen molar-refractivity contribution in [2.75, 3.05) is 12.8 Å². The Hall–Kier alpha value is -0.770. The smallest absolute Gasteiger partial charge is 0.0206 e. The number of benzene rings is 1. The van der Waals surface area contributed by atoms with Crippen molar-refractivity contribution in [2.45, 2.75) is 24.3 Å². The third kappa shape index (κ3) is 4.16. The van der Waals surface area contributed by atoms with Crippen LogP contribution in [0.2, 0.25) is 0 Å². The van der Waals surface area contributed by atoms with Crippen molar-refractivity contribution in [1.29, 1.82) is 0 Å². The fourth-order valence-electron chi connectivity index (χ4n) is 1.75. The number of thiophene rings is 1. The highest BCUT2D eigenvalue weighted by Gasteiger charge is 2.08. The van der Waals surface area contributed by atoms with Crippen molar-refractivity contribution in [1.82, 2.24) is 5.32 Å². The molecule has 0 aliphatic rings. The van der Waals surface area contributed by atoms with Crippen LogP contribution in [-0.4, -0.2) is 18.8 Å². The molecule has 0 saturated carbocycles. The number of likely N-dealkylation sites (N-methyl/N-ethyl adjacent to an activating group) is 1. The van der Waals surface area contributed by atoms with Crippen LogP contribution in [0.4, 0.5) is 0 Å². The molecule has 2 aromatic rings. The Kier molecular flexibility index (Phi) is 5.29. The molecule has 0 aliphatic heterocycles. The van der Waals surface area contributed by atoms with Crippen LogP contribution in [0.3, 0.4) is 0 Å². The summed E-state index contributed by atoms with van der Waals surface area (Å²) in [5.41, 5.74) is 1.32. The van der Waals surface area contributed by atoms with Crippen molar-refractivity contribution in [3.63, 3.8) is 0 Å². The second kappa shape index (κ2) is 6.98. The molecule has 0 amide bonds. The van der Waals surface area contributed by atoms with E-state index in [0.29, 0.717) is 6.04 Å². The van der Waals surface area contributed by atoms with E-state index in [2.05, 4.69) is 54.0 Å². The summed E-state index contributed by atoms with van der Waals surface area (Å²) in [6.45, 7) is 2.13. The molecule has 3 heteroatoms. The van der Waals surface area contributed by atoms with Gasteiger partial charge in [0.05, 0.1) is 0 Å². The van der Waals surface area contributed by atoms with E-state index in [1.54, 1.807) is 0 Å². The first kappa shape index (κ1) is 13.7. The van der Waals surface area contributed by atoms with Gasteiger partial charge in [-0.3, -0.25) is 0 Å². The van der Waals surface area contributed by atoms with Crippen LogP contribution in [-0.2, 0) is 6.42 Å². The molecule has 2 rings (SSSR count). The molecular formula is C15H19NS2. The molecule has 0 bridgehead atoms. The Morgan fingerprint density at radius 3 is 2.61 bits per heavy atom. The quantitative estimate of drug-likeness (QED) is 0.802. The number of hydrogen-bond donors (Lipinski definition) is 1. The molecule has 0 radical (unpaired) electrons. The van der Waals surface area contributed by atoms with Gasteiger partial charge in [-0.05, 0) is 44.0 Å². The van der Waals surface area contributed by atoms with Crippen LogP contribution in [0.5, 0.6) is 0 Å². The van der Waals surface area contributed by atoms with Crippen molar-refractivity contribution >= 4 is 23.1 Å². The van der Waals surface area contributed by atoms with Crippen molar-refractivity contribution in [2.24, 2.45) is 0 Å². The summed E-state index contributed by atoms with van der Waals surface area (Å²) in [5.74, 6) is 1.11. The second-order valence-electron chi connectivity index (χ2n) is 4.39. The predicted molar refractivity (Wildman–Crippen MR) is 82.8 cm³/mol. The Labute approximate surface area is 118 Å². The Morgan fingerprint density at radius 1 is 1.22 bits per heavy atom. The maximum Gasteiger partial charge on any atom is 0.0206 e. The lowest BCUT2D eigenvalue weighted by Crippen LogP contribution is -2.29. The predicted octanol–water partition coefficient (Wildman–Crippen LogP) is 3.98. The van der Waals surface area contributed by atoms with Gasteiger partial charge in [0.25, 0.3) is 0 Å². The SMILES string of the molecule is CNC(CSc1ccc(C)cc1)Cc1cccs1. The molecule has 96 valence electrons. The second-order valence-corrected chi connectivity index (χ2v) is 6.52. The van der Waals surface area contributed by atoms with E-state index in [0.717, 1.165) is 12.2 Å². The zero-order valence-electron chi connectivity index (χ0n) is 10.8. The van der Waals surface area contributed by atoms with E-state index >= 15 is 0 Å². The van der Waals surface area contributed by atoms with Gasteiger partial charge in [-0.1, -0.05) is 23.8 Å². The van der Waals surface area contributed by atoms with Crippen LogP contribution in [0, 0.1) is 6.92 Å². The maximum absolute atomic E-state index is 3.41. The third-order valence-corrected chi connectivity index (χ3v) is 4.98. The third-order valence-electron chi connectivity index (χ3n) is 2.91.